The van der Waals surface area contributed by atoms with E-state index >= 15 is 0 Å². The molecule has 0 bridgehead atoms. The molecule has 142 valence electrons. The number of halogens is 2. The molecule has 7 heteroatoms. The van der Waals surface area contributed by atoms with Gasteiger partial charge in [-0.05, 0) is 32.3 Å². The fourth-order valence-corrected chi connectivity index (χ4v) is 3.28. The third-order valence-corrected chi connectivity index (χ3v) is 4.48. The van der Waals surface area contributed by atoms with Crippen LogP contribution in [0.1, 0.15) is 21.5 Å². The molecular formula is C20H21Cl2N3O2. The zero-order valence-corrected chi connectivity index (χ0v) is 16.7. The predicted octanol–water partition coefficient (Wildman–Crippen LogP) is 3.43. The van der Waals surface area contributed by atoms with Gasteiger partial charge in [0.2, 0.25) is 0 Å². The highest BCUT2D eigenvalue weighted by atomic mass is 35.5. The largest absolute Gasteiger partial charge is 0.508 e. The summed E-state index contributed by atoms with van der Waals surface area (Å²) in [7, 11) is 4.03. The molecule has 2 aliphatic rings. The number of Topliss-reactive ketones (excluding diaryl/α,β-unsaturated/α-hetero) is 1. The highest BCUT2D eigenvalue weighted by Crippen LogP contribution is 2.40. The fourth-order valence-electron chi connectivity index (χ4n) is 3.28. The molecule has 5 nitrogen and oxygen atoms in total. The molecule has 0 radical (unpaired) electrons. The van der Waals surface area contributed by atoms with Gasteiger partial charge < -0.3 is 15.3 Å². The first kappa shape index (κ1) is 21.0. The van der Waals surface area contributed by atoms with Gasteiger partial charge in [0.15, 0.2) is 5.78 Å². The van der Waals surface area contributed by atoms with E-state index in [0.717, 1.165) is 29.9 Å². The van der Waals surface area contributed by atoms with Crippen LogP contribution in [0.3, 0.4) is 0 Å². The van der Waals surface area contributed by atoms with E-state index in [1.54, 1.807) is 12.1 Å². The molecule has 0 amide bonds. The van der Waals surface area contributed by atoms with Crippen LogP contribution in [0.4, 0.5) is 5.69 Å². The fraction of sp³-hybridized carbons (Fsp3) is 0.200. The quantitative estimate of drug-likeness (QED) is 0.817. The van der Waals surface area contributed by atoms with Crippen LogP contribution in [0.2, 0.25) is 0 Å². The lowest BCUT2D eigenvalue weighted by molar-refractivity contribution is 0.104. The number of allylic oxidation sites excluding steroid dienone is 1. The summed E-state index contributed by atoms with van der Waals surface area (Å²) in [5.74, 6) is -0.0246. The SMILES string of the molecule is CN(C)CCNC1=C2C(=O)c3cc(O)ccc3N=C2c2ccccc21.Cl.Cl. The molecule has 1 aliphatic heterocycles. The number of aromatic hydroxyl groups is 1. The Morgan fingerprint density at radius 1 is 1.04 bits per heavy atom. The van der Waals surface area contributed by atoms with Crippen LogP contribution in [-0.4, -0.2) is 48.7 Å². The second-order valence-electron chi connectivity index (χ2n) is 6.52. The number of carbonyl (C=O) groups is 1. The van der Waals surface area contributed by atoms with E-state index in [9.17, 15) is 9.90 Å². The van der Waals surface area contributed by atoms with Crippen LogP contribution in [0, 0.1) is 0 Å². The molecule has 1 aliphatic carbocycles. The molecule has 0 spiro atoms. The molecule has 4 rings (SSSR count). The van der Waals surface area contributed by atoms with Gasteiger partial charge in [0, 0.05) is 24.2 Å². The monoisotopic (exact) mass is 405 g/mol. The van der Waals surface area contributed by atoms with Crippen molar-refractivity contribution in [1.29, 1.82) is 0 Å². The van der Waals surface area contributed by atoms with Crippen LogP contribution in [0.25, 0.3) is 5.70 Å². The first-order valence-electron chi connectivity index (χ1n) is 8.25. The van der Waals surface area contributed by atoms with E-state index < -0.39 is 0 Å². The number of hydrogen-bond acceptors (Lipinski definition) is 5. The van der Waals surface area contributed by atoms with E-state index in [0.29, 0.717) is 22.5 Å². The molecule has 2 aromatic rings. The Bertz CT molecular complexity index is 952. The van der Waals surface area contributed by atoms with Crippen LogP contribution in [0.5, 0.6) is 5.75 Å². The van der Waals surface area contributed by atoms with E-state index in [-0.39, 0.29) is 36.3 Å². The van der Waals surface area contributed by atoms with E-state index in [1.807, 2.05) is 38.4 Å². The molecule has 2 aromatic carbocycles. The summed E-state index contributed by atoms with van der Waals surface area (Å²) in [4.78, 5) is 19.9. The molecule has 0 fully saturated rings. The summed E-state index contributed by atoms with van der Waals surface area (Å²) >= 11 is 0. The van der Waals surface area contributed by atoms with Crippen LogP contribution in [0.15, 0.2) is 53.0 Å². The Labute approximate surface area is 170 Å². The molecule has 0 atom stereocenters. The lowest BCUT2D eigenvalue weighted by atomic mass is 9.94. The minimum Gasteiger partial charge on any atom is -0.508 e. The molecular weight excluding hydrogens is 385 g/mol. The molecule has 1 heterocycles. The Balaban J connectivity index is 0.00000131. The zero-order valence-electron chi connectivity index (χ0n) is 15.0. The van der Waals surface area contributed by atoms with Gasteiger partial charge in [-0.15, -0.1) is 24.8 Å². The lowest BCUT2D eigenvalue weighted by Gasteiger charge is -2.17. The van der Waals surface area contributed by atoms with Crippen LogP contribution in [-0.2, 0) is 0 Å². The van der Waals surface area contributed by atoms with Gasteiger partial charge in [0.05, 0.1) is 28.2 Å². The van der Waals surface area contributed by atoms with Crippen molar-refractivity contribution < 1.29 is 9.90 Å². The van der Waals surface area contributed by atoms with Crippen molar-refractivity contribution in [2.45, 2.75) is 0 Å². The second-order valence-corrected chi connectivity index (χ2v) is 6.52. The highest BCUT2D eigenvalue weighted by Gasteiger charge is 2.36. The van der Waals surface area contributed by atoms with Gasteiger partial charge in [0.25, 0.3) is 0 Å². The molecule has 27 heavy (non-hydrogen) atoms. The first-order valence-corrected chi connectivity index (χ1v) is 8.25. The van der Waals surface area contributed by atoms with E-state index in [4.69, 9.17) is 4.99 Å². The molecule has 0 unspecified atom stereocenters. The summed E-state index contributed by atoms with van der Waals surface area (Å²) in [5, 5.41) is 13.2. The maximum absolute atomic E-state index is 13.1. The summed E-state index contributed by atoms with van der Waals surface area (Å²) in [6.45, 7) is 1.59. The van der Waals surface area contributed by atoms with Gasteiger partial charge in [-0.1, -0.05) is 24.3 Å². The molecule has 0 saturated carbocycles. The van der Waals surface area contributed by atoms with Gasteiger partial charge in [-0.25, -0.2) is 4.99 Å². The topological polar surface area (TPSA) is 64.9 Å². The first-order chi connectivity index (χ1) is 12.1. The number of benzene rings is 2. The zero-order chi connectivity index (χ0) is 17.6. The maximum Gasteiger partial charge on any atom is 0.199 e. The Kier molecular flexibility index (Phi) is 6.31. The summed E-state index contributed by atoms with van der Waals surface area (Å²) in [6.07, 6.45) is 0. The predicted molar refractivity (Wildman–Crippen MR) is 113 cm³/mol. The number of phenolic OH excluding ortho intramolecular Hbond substituents is 1. The van der Waals surface area contributed by atoms with Crippen molar-refractivity contribution in [3.63, 3.8) is 0 Å². The van der Waals surface area contributed by atoms with Crippen molar-refractivity contribution >= 4 is 47.7 Å². The van der Waals surface area contributed by atoms with Gasteiger partial charge >= 0.3 is 0 Å². The minimum absolute atomic E-state index is 0. The van der Waals surface area contributed by atoms with Crippen molar-refractivity contribution in [3.05, 3.63) is 64.7 Å². The normalized spacial score (nSPS) is 13.9. The molecule has 0 aromatic heterocycles. The van der Waals surface area contributed by atoms with Crippen LogP contribution < -0.4 is 5.32 Å². The number of hydrogen-bond donors (Lipinski definition) is 2. The van der Waals surface area contributed by atoms with Gasteiger partial charge in [-0.3, -0.25) is 4.79 Å². The average Bonchev–Trinajstić information content (AvgIpc) is 2.90. The number of fused-ring (bicyclic) bond motifs is 4. The Morgan fingerprint density at radius 2 is 1.74 bits per heavy atom. The summed E-state index contributed by atoms with van der Waals surface area (Å²) < 4.78 is 0. The number of likely N-dealkylation sites (N-methyl/N-ethyl adjacent to an activating group) is 1. The lowest BCUT2D eigenvalue weighted by Crippen LogP contribution is -2.27. The number of aliphatic imine (C=N–C) groups is 1. The minimum atomic E-state index is -0.0977. The van der Waals surface area contributed by atoms with Crippen molar-refractivity contribution in [1.82, 2.24) is 10.2 Å². The number of phenols is 1. The van der Waals surface area contributed by atoms with Crippen molar-refractivity contribution in [3.8, 4) is 5.75 Å². The number of nitrogens with zero attached hydrogens (tertiary/aromatic N) is 2. The van der Waals surface area contributed by atoms with Gasteiger partial charge in [-0.2, -0.15) is 0 Å². The smallest absolute Gasteiger partial charge is 0.199 e. The Morgan fingerprint density at radius 3 is 2.44 bits per heavy atom. The highest BCUT2D eigenvalue weighted by molar-refractivity contribution is 6.42. The van der Waals surface area contributed by atoms with Crippen molar-refractivity contribution in [2.24, 2.45) is 4.99 Å². The number of carbonyl (C=O) groups excluding carboxylic acids is 1. The molecule has 0 saturated heterocycles. The maximum atomic E-state index is 13.1. The number of nitrogens with one attached hydrogen (secondary N) is 1. The van der Waals surface area contributed by atoms with E-state index in [1.165, 1.54) is 6.07 Å². The van der Waals surface area contributed by atoms with Gasteiger partial charge in [0.1, 0.15) is 5.75 Å². The Hall–Kier alpha value is -2.34. The number of rotatable bonds is 4. The second kappa shape index (κ2) is 8.13. The summed E-state index contributed by atoms with van der Waals surface area (Å²) in [5.41, 5.74) is 5.15. The summed E-state index contributed by atoms with van der Waals surface area (Å²) in [6, 6.07) is 12.7. The number of ketones is 1. The average molecular weight is 406 g/mol. The van der Waals surface area contributed by atoms with Crippen molar-refractivity contribution in [2.75, 3.05) is 27.2 Å². The van der Waals surface area contributed by atoms with Crippen LogP contribution >= 0.6 is 24.8 Å². The third-order valence-electron chi connectivity index (χ3n) is 4.48. The molecule has 2 N–H and O–H groups in total. The third kappa shape index (κ3) is 3.58. The van der Waals surface area contributed by atoms with E-state index in [2.05, 4.69) is 10.2 Å². The standard InChI is InChI=1S/C20H19N3O2.2ClH/c1-23(2)10-9-21-18-13-5-3-4-6-14(13)19-17(18)20(25)15-11-12(24)7-8-16(15)22-19;;/h3-8,11,21,24H,9-10H2,1-2H3;2*1H.